The maximum Gasteiger partial charge on any atom is 0.291 e. The molecule has 0 aliphatic rings. The van der Waals surface area contributed by atoms with Gasteiger partial charge in [-0.25, -0.2) is 8.42 Å². The van der Waals surface area contributed by atoms with E-state index in [0.29, 0.717) is 0 Å². The number of benzene rings is 2. The SMILES string of the molecule is O=c1c(Cl)c(Cl)cnn1-c1ccc(S(=O)(=O)Nc2cccc([N+](=O)[O-])c2)cc1. The Bertz CT molecular complexity index is 1230. The number of anilines is 1. The van der Waals surface area contributed by atoms with Crippen LogP contribution in [-0.2, 0) is 10.0 Å². The first-order chi connectivity index (χ1) is 13.2. The highest BCUT2D eigenvalue weighted by Gasteiger charge is 2.17. The minimum absolute atomic E-state index is 0.00303. The van der Waals surface area contributed by atoms with E-state index in [2.05, 4.69) is 9.82 Å². The number of halogens is 2. The Balaban J connectivity index is 1.90. The van der Waals surface area contributed by atoms with Gasteiger partial charge in [0.25, 0.3) is 21.3 Å². The van der Waals surface area contributed by atoms with Crippen LogP contribution in [0, 0.1) is 10.1 Å². The summed E-state index contributed by atoms with van der Waals surface area (Å²) in [6.45, 7) is 0. The van der Waals surface area contributed by atoms with Gasteiger partial charge in [-0.2, -0.15) is 9.78 Å². The Kier molecular flexibility index (Phi) is 5.36. The third-order valence-electron chi connectivity index (χ3n) is 3.58. The fourth-order valence-electron chi connectivity index (χ4n) is 2.26. The largest absolute Gasteiger partial charge is 0.291 e. The van der Waals surface area contributed by atoms with Gasteiger partial charge in [0.05, 0.1) is 32.4 Å². The molecule has 1 N–H and O–H groups in total. The minimum atomic E-state index is -4.01. The van der Waals surface area contributed by atoms with Crippen molar-refractivity contribution in [2.24, 2.45) is 0 Å². The van der Waals surface area contributed by atoms with Crippen molar-refractivity contribution in [3.63, 3.8) is 0 Å². The highest BCUT2D eigenvalue weighted by atomic mass is 35.5. The second kappa shape index (κ2) is 7.58. The maximum absolute atomic E-state index is 12.5. The van der Waals surface area contributed by atoms with Crippen LogP contribution in [0.1, 0.15) is 0 Å². The lowest BCUT2D eigenvalue weighted by Crippen LogP contribution is -2.21. The molecule has 0 aliphatic carbocycles. The Hall–Kier alpha value is -2.95. The summed E-state index contributed by atoms with van der Waals surface area (Å²) in [4.78, 5) is 22.2. The molecule has 1 heterocycles. The van der Waals surface area contributed by atoms with Crippen LogP contribution in [0.2, 0.25) is 10.0 Å². The summed E-state index contributed by atoms with van der Waals surface area (Å²) in [6, 6.07) is 10.3. The van der Waals surface area contributed by atoms with Crippen LogP contribution in [0.25, 0.3) is 5.69 Å². The summed E-state index contributed by atoms with van der Waals surface area (Å²) in [5.74, 6) is 0. The second-order valence-electron chi connectivity index (χ2n) is 5.43. The monoisotopic (exact) mass is 440 g/mol. The zero-order chi connectivity index (χ0) is 20.5. The average Bonchev–Trinajstić information content (AvgIpc) is 2.66. The fraction of sp³-hybridized carbons (Fsp3) is 0. The molecule has 3 aromatic rings. The van der Waals surface area contributed by atoms with Gasteiger partial charge in [-0.1, -0.05) is 29.3 Å². The number of sulfonamides is 1. The number of hydrogen-bond acceptors (Lipinski definition) is 6. The van der Waals surface area contributed by atoms with Gasteiger partial charge >= 0.3 is 0 Å². The van der Waals surface area contributed by atoms with Gasteiger partial charge in [-0.3, -0.25) is 19.6 Å². The van der Waals surface area contributed by atoms with Crippen LogP contribution in [0.4, 0.5) is 11.4 Å². The van der Waals surface area contributed by atoms with Crippen molar-refractivity contribution in [2.75, 3.05) is 4.72 Å². The lowest BCUT2D eigenvalue weighted by molar-refractivity contribution is -0.384. The molecule has 3 rings (SSSR count). The summed E-state index contributed by atoms with van der Waals surface area (Å²) in [7, 11) is -4.01. The van der Waals surface area contributed by atoms with Gasteiger partial charge in [0.2, 0.25) is 0 Å². The quantitative estimate of drug-likeness (QED) is 0.479. The van der Waals surface area contributed by atoms with Crippen LogP contribution in [0.15, 0.2) is 64.4 Å². The highest BCUT2D eigenvalue weighted by molar-refractivity contribution is 7.92. The molecule has 2 aromatic carbocycles. The predicted octanol–water partition coefficient (Wildman–Crippen LogP) is 3.25. The van der Waals surface area contributed by atoms with E-state index >= 15 is 0 Å². The highest BCUT2D eigenvalue weighted by Crippen LogP contribution is 2.22. The molecule has 28 heavy (non-hydrogen) atoms. The average molecular weight is 441 g/mol. The topological polar surface area (TPSA) is 124 Å². The first-order valence-electron chi connectivity index (χ1n) is 7.50. The Morgan fingerprint density at radius 3 is 2.43 bits per heavy atom. The number of aromatic nitrogens is 2. The first kappa shape index (κ1) is 19.8. The third kappa shape index (κ3) is 3.98. The molecular weight excluding hydrogens is 431 g/mol. The van der Waals surface area contributed by atoms with Crippen LogP contribution in [0.3, 0.4) is 0 Å². The fourth-order valence-corrected chi connectivity index (χ4v) is 3.56. The van der Waals surface area contributed by atoms with Crippen molar-refractivity contribution in [1.29, 1.82) is 0 Å². The Morgan fingerprint density at radius 1 is 1.11 bits per heavy atom. The number of nitrogens with zero attached hydrogens (tertiary/aromatic N) is 3. The van der Waals surface area contributed by atoms with Gasteiger partial charge < -0.3 is 0 Å². The predicted molar refractivity (Wildman–Crippen MR) is 104 cm³/mol. The van der Waals surface area contributed by atoms with Gasteiger partial charge in [0, 0.05) is 12.1 Å². The number of nitro benzene ring substituents is 1. The van der Waals surface area contributed by atoms with Crippen molar-refractivity contribution in [2.45, 2.75) is 4.90 Å². The number of non-ortho nitro benzene ring substituents is 1. The molecule has 0 radical (unpaired) electrons. The zero-order valence-corrected chi connectivity index (χ0v) is 16.1. The molecule has 0 bridgehead atoms. The zero-order valence-electron chi connectivity index (χ0n) is 13.7. The van der Waals surface area contributed by atoms with E-state index in [-0.39, 0.29) is 32.0 Å². The van der Waals surface area contributed by atoms with Crippen molar-refractivity contribution < 1.29 is 13.3 Å². The summed E-state index contributed by atoms with van der Waals surface area (Å²) in [6.07, 6.45) is 1.19. The van der Waals surface area contributed by atoms with Crippen LogP contribution >= 0.6 is 23.2 Å². The van der Waals surface area contributed by atoms with Crippen molar-refractivity contribution >= 4 is 44.6 Å². The van der Waals surface area contributed by atoms with Gasteiger partial charge in [0.15, 0.2) is 0 Å². The summed E-state index contributed by atoms with van der Waals surface area (Å²) >= 11 is 11.5. The van der Waals surface area contributed by atoms with Crippen molar-refractivity contribution in [1.82, 2.24) is 9.78 Å². The molecule has 0 fully saturated rings. The second-order valence-corrected chi connectivity index (χ2v) is 7.90. The lowest BCUT2D eigenvalue weighted by Gasteiger charge is -2.09. The number of rotatable bonds is 5. The standard InChI is InChI=1S/C16H10Cl2N4O5S/c17-14-9-19-21(16(23)15(14)18)11-4-6-13(7-5-11)28(26,27)20-10-2-1-3-12(8-10)22(24)25/h1-9,20H. The molecule has 0 saturated carbocycles. The maximum atomic E-state index is 12.5. The number of hydrogen-bond donors (Lipinski definition) is 1. The molecule has 0 saturated heterocycles. The van der Waals surface area contributed by atoms with E-state index < -0.39 is 20.5 Å². The normalized spacial score (nSPS) is 11.2. The lowest BCUT2D eigenvalue weighted by atomic mass is 10.3. The molecule has 0 spiro atoms. The molecule has 0 amide bonds. The van der Waals surface area contributed by atoms with Crippen molar-refractivity contribution in [3.8, 4) is 5.69 Å². The van der Waals surface area contributed by atoms with Crippen LogP contribution < -0.4 is 10.3 Å². The molecule has 0 aliphatic heterocycles. The van der Waals surface area contributed by atoms with Gasteiger partial charge in [-0.05, 0) is 30.3 Å². The molecule has 0 unspecified atom stereocenters. The number of nitro groups is 1. The Morgan fingerprint density at radius 2 is 1.79 bits per heavy atom. The van der Waals surface area contributed by atoms with Crippen molar-refractivity contribution in [3.05, 3.63) is 85.2 Å². The van der Waals surface area contributed by atoms with Crippen LogP contribution in [-0.4, -0.2) is 23.1 Å². The van der Waals surface area contributed by atoms with E-state index in [9.17, 15) is 23.3 Å². The summed E-state index contributed by atoms with van der Waals surface area (Å²) < 4.78 is 28.2. The molecule has 9 nitrogen and oxygen atoms in total. The van der Waals surface area contributed by atoms with Gasteiger partial charge in [-0.15, -0.1) is 0 Å². The van der Waals surface area contributed by atoms with E-state index in [0.717, 1.165) is 10.7 Å². The molecule has 1 aromatic heterocycles. The van der Waals surface area contributed by atoms with E-state index in [4.69, 9.17) is 23.2 Å². The summed E-state index contributed by atoms with van der Waals surface area (Å²) in [5.41, 5.74) is -0.585. The minimum Gasteiger partial charge on any atom is -0.279 e. The Labute approximate surface area is 168 Å². The smallest absolute Gasteiger partial charge is 0.279 e. The summed E-state index contributed by atoms with van der Waals surface area (Å²) in [5, 5.41) is 14.5. The first-order valence-corrected chi connectivity index (χ1v) is 9.74. The number of nitrogens with one attached hydrogen (secondary N) is 1. The van der Waals surface area contributed by atoms with Gasteiger partial charge in [0.1, 0.15) is 5.02 Å². The molecule has 0 atom stereocenters. The third-order valence-corrected chi connectivity index (χ3v) is 5.72. The van der Waals surface area contributed by atoms with E-state index in [1.54, 1.807) is 0 Å². The molecule has 12 heteroatoms. The molecule has 144 valence electrons. The van der Waals surface area contributed by atoms with Crippen LogP contribution in [0.5, 0.6) is 0 Å². The van der Waals surface area contributed by atoms with E-state index in [1.165, 1.54) is 48.7 Å². The molecular formula is C16H10Cl2N4O5S. The van der Waals surface area contributed by atoms with E-state index in [1.807, 2.05) is 0 Å².